The van der Waals surface area contributed by atoms with Gasteiger partial charge in [0.2, 0.25) is 0 Å². The number of halogens is 1. The van der Waals surface area contributed by atoms with E-state index >= 15 is 0 Å². The molecule has 1 unspecified atom stereocenters. The number of fused-ring (bicyclic) bond motifs is 1. The molecule has 1 aliphatic heterocycles. The topological polar surface area (TPSA) is 60.7 Å². The number of ether oxygens (including phenoxy) is 1. The summed E-state index contributed by atoms with van der Waals surface area (Å²) in [5, 5.41) is 0. The molecule has 5 nitrogen and oxygen atoms in total. The standard InChI is InChI=1S/C26H23BrN2O3S/c1-26(2)13-19-22(20(30)14-26)23(16-6-10-18(32-3)11-7-16)29-24(31)21(33-25(29)28-19)12-15-4-8-17(27)9-5-15/h4-12,23H,13-14H2,1-3H3. The van der Waals surface area contributed by atoms with Crippen LogP contribution < -0.4 is 19.6 Å². The largest absolute Gasteiger partial charge is 0.497 e. The van der Waals surface area contributed by atoms with E-state index in [2.05, 4.69) is 29.8 Å². The van der Waals surface area contributed by atoms with Crippen molar-refractivity contribution in [3.8, 4) is 5.75 Å². The van der Waals surface area contributed by atoms with Gasteiger partial charge in [0.25, 0.3) is 5.56 Å². The van der Waals surface area contributed by atoms with Gasteiger partial charge >= 0.3 is 0 Å². The Kier molecular flexibility index (Phi) is 5.49. The van der Waals surface area contributed by atoms with Gasteiger partial charge < -0.3 is 4.74 Å². The van der Waals surface area contributed by atoms with Crippen molar-refractivity contribution in [2.75, 3.05) is 7.11 Å². The van der Waals surface area contributed by atoms with Crippen molar-refractivity contribution in [3.05, 3.63) is 95.1 Å². The molecule has 0 amide bonds. The molecule has 0 saturated carbocycles. The first-order valence-electron chi connectivity index (χ1n) is 10.7. The first kappa shape index (κ1) is 22.0. The highest BCUT2D eigenvalue weighted by Crippen LogP contribution is 2.43. The lowest BCUT2D eigenvalue weighted by Crippen LogP contribution is -2.42. The van der Waals surface area contributed by atoms with Crippen LogP contribution in [-0.4, -0.2) is 17.5 Å². The van der Waals surface area contributed by atoms with Gasteiger partial charge in [-0.2, -0.15) is 0 Å². The number of carbonyl (C=O) groups is 1. The Hall–Kier alpha value is -2.77. The van der Waals surface area contributed by atoms with Gasteiger partial charge in [0, 0.05) is 16.5 Å². The van der Waals surface area contributed by atoms with Crippen molar-refractivity contribution in [2.24, 2.45) is 10.4 Å². The number of hydrogen-bond donors (Lipinski definition) is 0. The van der Waals surface area contributed by atoms with Crippen LogP contribution in [0.1, 0.15) is 43.9 Å². The minimum atomic E-state index is -0.488. The number of nitrogens with zero attached hydrogens (tertiary/aromatic N) is 2. The third kappa shape index (κ3) is 4.04. The zero-order chi connectivity index (χ0) is 23.3. The van der Waals surface area contributed by atoms with Gasteiger partial charge in [0.15, 0.2) is 10.6 Å². The van der Waals surface area contributed by atoms with Gasteiger partial charge in [-0.1, -0.05) is 65.4 Å². The van der Waals surface area contributed by atoms with Gasteiger partial charge in [-0.05, 0) is 53.3 Å². The van der Waals surface area contributed by atoms with Crippen molar-refractivity contribution in [1.82, 2.24) is 4.57 Å². The number of methoxy groups -OCH3 is 1. The van der Waals surface area contributed by atoms with Crippen molar-refractivity contribution in [2.45, 2.75) is 32.7 Å². The molecule has 0 fully saturated rings. The fourth-order valence-electron chi connectivity index (χ4n) is 4.56. The Balaban J connectivity index is 1.74. The number of Topliss-reactive ketones (excluding diaryl/α,β-unsaturated/α-hetero) is 1. The molecule has 0 N–H and O–H groups in total. The van der Waals surface area contributed by atoms with Crippen LogP contribution in [0.15, 0.2) is 74.1 Å². The molecule has 2 aliphatic rings. The van der Waals surface area contributed by atoms with Crippen molar-refractivity contribution in [3.63, 3.8) is 0 Å². The maximum atomic E-state index is 13.6. The Morgan fingerprint density at radius 3 is 2.45 bits per heavy atom. The lowest BCUT2D eigenvalue weighted by molar-refractivity contribution is -0.118. The van der Waals surface area contributed by atoms with E-state index in [4.69, 9.17) is 9.73 Å². The Morgan fingerprint density at radius 2 is 1.79 bits per heavy atom. The summed E-state index contributed by atoms with van der Waals surface area (Å²) in [7, 11) is 1.62. The van der Waals surface area contributed by atoms with Crippen LogP contribution in [0.25, 0.3) is 6.08 Å². The second-order valence-electron chi connectivity index (χ2n) is 9.21. The van der Waals surface area contributed by atoms with Gasteiger partial charge in [-0.25, -0.2) is 4.99 Å². The number of hydrogen-bond acceptors (Lipinski definition) is 5. The van der Waals surface area contributed by atoms with E-state index in [1.165, 1.54) is 11.3 Å². The molecule has 2 heterocycles. The molecule has 1 aliphatic carbocycles. The summed E-state index contributed by atoms with van der Waals surface area (Å²) in [5.41, 5.74) is 2.96. The number of carbonyl (C=O) groups excluding carboxylic acids is 1. The van der Waals surface area contributed by atoms with E-state index in [1.54, 1.807) is 11.7 Å². The zero-order valence-electron chi connectivity index (χ0n) is 18.6. The van der Waals surface area contributed by atoms with Crippen molar-refractivity contribution < 1.29 is 9.53 Å². The van der Waals surface area contributed by atoms with E-state index in [-0.39, 0.29) is 16.8 Å². The minimum Gasteiger partial charge on any atom is -0.497 e. The number of rotatable bonds is 3. The van der Waals surface area contributed by atoms with Crippen LogP contribution in [-0.2, 0) is 4.79 Å². The molecule has 1 atom stereocenters. The summed E-state index contributed by atoms with van der Waals surface area (Å²) >= 11 is 4.82. The molecule has 0 radical (unpaired) electrons. The van der Waals surface area contributed by atoms with E-state index in [0.717, 1.165) is 27.0 Å². The number of aromatic nitrogens is 1. The monoisotopic (exact) mass is 522 g/mol. The molecule has 2 aromatic carbocycles. The summed E-state index contributed by atoms with van der Waals surface area (Å²) < 4.78 is 8.58. The van der Waals surface area contributed by atoms with Gasteiger partial charge in [0.05, 0.1) is 23.4 Å². The molecule has 0 saturated heterocycles. The first-order chi connectivity index (χ1) is 15.8. The van der Waals surface area contributed by atoms with E-state index in [0.29, 0.717) is 27.7 Å². The number of benzene rings is 2. The summed E-state index contributed by atoms with van der Waals surface area (Å²) in [6, 6.07) is 14.9. The average Bonchev–Trinajstić information content (AvgIpc) is 3.08. The first-order valence-corrected chi connectivity index (χ1v) is 12.3. The maximum absolute atomic E-state index is 13.6. The number of thiazole rings is 1. The predicted octanol–water partition coefficient (Wildman–Crippen LogP) is 4.38. The lowest BCUT2D eigenvalue weighted by Gasteiger charge is -2.35. The Morgan fingerprint density at radius 1 is 1.09 bits per heavy atom. The van der Waals surface area contributed by atoms with Crippen LogP contribution in [0, 0.1) is 5.41 Å². The average molecular weight is 523 g/mol. The lowest BCUT2D eigenvalue weighted by atomic mass is 9.73. The predicted molar refractivity (Wildman–Crippen MR) is 133 cm³/mol. The van der Waals surface area contributed by atoms with Gasteiger partial charge in [-0.3, -0.25) is 14.2 Å². The highest BCUT2D eigenvalue weighted by molar-refractivity contribution is 9.10. The van der Waals surface area contributed by atoms with E-state index < -0.39 is 6.04 Å². The smallest absolute Gasteiger partial charge is 0.271 e. The summed E-state index contributed by atoms with van der Waals surface area (Å²) in [6.07, 6.45) is 3.04. The Bertz CT molecular complexity index is 1460. The Labute approximate surface area is 203 Å². The maximum Gasteiger partial charge on any atom is 0.271 e. The molecular formula is C26H23BrN2O3S. The second-order valence-corrected chi connectivity index (χ2v) is 11.1. The van der Waals surface area contributed by atoms with Gasteiger partial charge in [-0.15, -0.1) is 0 Å². The minimum absolute atomic E-state index is 0.0630. The molecular weight excluding hydrogens is 500 g/mol. The van der Waals surface area contributed by atoms with Crippen LogP contribution in [0.4, 0.5) is 0 Å². The summed E-state index contributed by atoms with van der Waals surface area (Å²) in [6.45, 7) is 4.19. The highest BCUT2D eigenvalue weighted by atomic mass is 79.9. The summed E-state index contributed by atoms with van der Waals surface area (Å²) in [5.74, 6) is 0.791. The van der Waals surface area contributed by atoms with Gasteiger partial charge in [0.1, 0.15) is 5.75 Å². The normalized spacial score (nSPS) is 19.7. The third-order valence-corrected chi connectivity index (χ3v) is 7.61. The molecule has 3 aromatic rings. The third-order valence-electron chi connectivity index (χ3n) is 6.09. The van der Waals surface area contributed by atoms with E-state index in [1.807, 2.05) is 54.6 Å². The number of allylic oxidation sites excluding steroid dienone is 2. The van der Waals surface area contributed by atoms with Crippen molar-refractivity contribution >= 4 is 39.1 Å². The van der Waals surface area contributed by atoms with Crippen LogP contribution in [0.3, 0.4) is 0 Å². The molecule has 0 spiro atoms. The fraction of sp³-hybridized carbons (Fsp3) is 0.269. The summed E-state index contributed by atoms with van der Waals surface area (Å²) in [4.78, 5) is 32.4. The molecule has 0 bridgehead atoms. The van der Waals surface area contributed by atoms with Crippen LogP contribution in [0.5, 0.6) is 5.75 Å². The second kappa shape index (κ2) is 8.22. The SMILES string of the molecule is COc1ccc(C2C3=C(CC(C)(C)CC3=O)N=c3sc(=Cc4ccc(Br)cc4)c(=O)n32)cc1. The molecule has 1 aromatic heterocycles. The molecule has 33 heavy (non-hydrogen) atoms. The highest BCUT2D eigenvalue weighted by Gasteiger charge is 2.40. The molecule has 168 valence electrons. The van der Waals surface area contributed by atoms with Crippen LogP contribution in [0.2, 0.25) is 0 Å². The molecule has 5 rings (SSSR count). The van der Waals surface area contributed by atoms with Crippen molar-refractivity contribution in [1.29, 1.82) is 0 Å². The number of ketones is 1. The zero-order valence-corrected chi connectivity index (χ0v) is 21.0. The quantitative estimate of drug-likeness (QED) is 0.512. The molecule has 7 heteroatoms. The van der Waals surface area contributed by atoms with E-state index in [9.17, 15) is 9.59 Å². The fourth-order valence-corrected chi connectivity index (χ4v) is 5.85. The van der Waals surface area contributed by atoms with Crippen LogP contribution >= 0.6 is 27.3 Å².